The molecule has 0 aliphatic heterocycles. The van der Waals surface area contributed by atoms with Crippen molar-refractivity contribution in [2.24, 2.45) is 10.1 Å². The Hall–Kier alpha value is -3.02. The lowest BCUT2D eigenvalue weighted by Crippen LogP contribution is -2.15. The molecule has 3 nitrogen and oxygen atoms in total. The minimum absolute atomic E-state index is 0.288. The van der Waals surface area contributed by atoms with Crippen molar-refractivity contribution in [2.75, 3.05) is 6.54 Å². The molecule has 0 spiro atoms. The van der Waals surface area contributed by atoms with E-state index in [1.165, 1.54) is 23.0 Å². The van der Waals surface area contributed by atoms with Gasteiger partial charge in [-0.05, 0) is 48.7 Å². The summed E-state index contributed by atoms with van der Waals surface area (Å²) in [4.78, 5) is 5.49. The molecule has 0 amide bonds. The van der Waals surface area contributed by atoms with Crippen molar-refractivity contribution in [3.8, 4) is 11.3 Å². The van der Waals surface area contributed by atoms with Gasteiger partial charge in [0.1, 0.15) is 5.82 Å². The van der Waals surface area contributed by atoms with E-state index in [0.717, 1.165) is 22.5 Å². The second-order valence-corrected chi connectivity index (χ2v) is 8.28. The van der Waals surface area contributed by atoms with E-state index in [1.807, 2.05) is 60.8 Å². The Morgan fingerprint density at radius 2 is 1.68 bits per heavy atom. The van der Waals surface area contributed by atoms with Crippen molar-refractivity contribution in [3.05, 3.63) is 111 Å². The van der Waals surface area contributed by atoms with E-state index < -0.39 is 0 Å². The molecule has 4 aromatic rings. The molecule has 31 heavy (non-hydrogen) atoms. The lowest BCUT2D eigenvalue weighted by molar-refractivity contribution is 0.629. The minimum atomic E-state index is -0.288. The fraction of sp³-hybridized carbons (Fsp3) is 0.120. The zero-order valence-corrected chi connectivity index (χ0v) is 18.6. The minimum Gasteiger partial charge on any atom is -0.257 e. The van der Waals surface area contributed by atoms with Crippen LogP contribution in [0.15, 0.2) is 94.3 Å². The number of aromatic nitrogens is 1. The van der Waals surface area contributed by atoms with Crippen molar-refractivity contribution < 1.29 is 4.39 Å². The van der Waals surface area contributed by atoms with Gasteiger partial charge in [-0.1, -0.05) is 66.2 Å². The molecule has 0 saturated heterocycles. The maximum atomic E-state index is 14.5. The quantitative estimate of drug-likeness (QED) is 0.304. The molecular weight excluding hydrogens is 429 g/mol. The monoisotopic (exact) mass is 449 g/mol. The van der Waals surface area contributed by atoms with Gasteiger partial charge in [-0.15, -0.1) is 11.3 Å². The van der Waals surface area contributed by atoms with E-state index in [0.29, 0.717) is 22.8 Å². The third kappa shape index (κ3) is 5.19. The SMILES string of the molecule is C/C(=N/n1c(-c2ccccc2F)csc1=NCCc1ccccc1)c1ccc(Cl)cc1. The van der Waals surface area contributed by atoms with Crippen LogP contribution in [-0.4, -0.2) is 16.9 Å². The molecule has 3 aromatic carbocycles. The Labute approximate surface area is 189 Å². The normalized spacial score (nSPS) is 12.4. The Kier molecular flexibility index (Phi) is 6.75. The molecule has 0 unspecified atom stereocenters. The average Bonchev–Trinajstić information content (AvgIpc) is 3.17. The molecule has 4 rings (SSSR count). The van der Waals surface area contributed by atoms with E-state index >= 15 is 0 Å². The maximum absolute atomic E-state index is 14.5. The molecular formula is C25H21ClFN3S. The first-order valence-electron chi connectivity index (χ1n) is 9.93. The molecule has 0 bridgehead atoms. The highest BCUT2D eigenvalue weighted by atomic mass is 35.5. The first-order valence-corrected chi connectivity index (χ1v) is 11.2. The number of hydrogen-bond acceptors (Lipinski definition) is 3. The molecule has 0 radical (unpaired) electrons. The molecule has 1 heterocycles. The summed E-state index contributed by atoms with van der Waals surface area (Å²) in [6, 6.07) is 24.5. The summed E-state index contributed by atoms with van der Waals surface area (Å²) < 4.78 is 16.3. The number of nitrogens with zero attached hydrogens (tertiary/aromatic N) is 3. The molecule has 0 fully saturated rings. The van der Waals surface area contributed by atoms with Gasteiger partial charge < -0.3 is 0 Å². The molecule has 1 aromatic heterocycles. The molecule has 0 N–H and O–H groups in total. The summed E-state index contributed by atoms with van der Waals surface area (Å²) in [5, 5.41) is 7.37. The summed E-state index contributed by atoms with van der Waals surface area (Å²) in [7, 11) is 0. The lowest BCUT2D eigenvalue weighted by Gasteiger charge is -2.07. The van der Waals surface area contributed by atoms with Gasteiger partial charge in [0.15, 0.2) is 0 Å². The van der Waals surface area contributed by atoms with E-state index in [-0.39, 0.29) is 5.82 Å². The lowest BCUT2D eigenvalue weighted by atomic mass is 10.1. The first-order chi connectivity index (χ1) is 15.1. The summed E-state index contributed by atoms with van der Waals surface area (Å²) in [6.07, 6.45) is 0.827. The number of thiazole rings is 1. The van der Waals surface area contributed by atoms with E-state index in [4.69, 9.17) is 21.7 Å². The Morgan fingerprint density at radius 3 is 2.42 bits per heavy atom. The summed E-state index contributed by atoms with van der Waals surface area (Å²) in [6.45, 7) is 2.55. The first kappa shape index (κ1) is 21.2. The molecule has 0 atom stereocenters. The predicted octanol–water partition coefficient (Wildman–Crippen LogP) is 6.42. The van der Waals surface area contributed by atoms with Crippen LogP contribution in [0, 0.1) is 5.82 Å². The zero-order chi connectivity index (χ0) is 21.6. The third-order valence-corrected chi connectivity index (χ3v) is 5.94. The van der Waals surface area contributed by atoms with Crippen molar-refractivity contribution in [1.29, 1.82) is 0 Å². The van der Waals surface area contributed by atoms with Gasteiger partial charge in [-0.3, -0.25) is 4.99 Å². The predicted molar refractivity (Wildman–Crippen MR) is 127 cm³/mol. The van der Waals surface area contributed by atoms with Crippen LogP contribution < -0.4 is 4.80 Å². The van der Waals surface area contributed by atoms with E-state index in [9.17, 15) is 4.39 Å². The van der Waals surface area contributed by atoms with Crippen LogP contribution in [0.1, 0.15) is 18.1 Å². The van der Waals surface area contributed by atoms with Gasteiger partial charge in [0.05, 0.1) is 11.4 Å². The molecule has 6 heteroatoms. The standard InChI is InChI=1S/C25H21ClFN3S/c1-18(20-11-13-21(26)14-12-20)29-30-24(22-9-5-6-10-23(22)27)17-31-25(30)28-16-15-19-7-3-2-4-8-19/h2-14,17H,15-16H2,1H3/b28-25?,29-18-. The molecule has 0 aliphatic carbocycles. The molecule has 0 aliphatic rings. The van der Waals surface area contributed by atoms with Crippen LogP contribution in [0.25, 0.3) is 11.3 Å². The molecule has 0 saturated carbocycles. The van der Waals surface area contributed by atoms with Crippen molar-refractivity contribution in [3.63, 3.8) is 0 Å². The highest BCUT2D eigenvalue weighted by Crippen LogP contribution is 2.23. The Bertz CT molecular complexity index is 1260. The zero-order valence-electron chi connectivity index (χ0n) is 17.0. The third-order valence-electron chi connectivity index (χ3n) is 4.84. The number of halogens is 2. The fourth-order valence-corrected chi connectivity index (χ4v) is 4.16. The van der Waals surface area contributed by atoms with Crippen LogP contribution in [0.5, 0.6) is 0 Å². The highest BCUT2D eigenvalue weighted by Gasteiger charge is 2.12. The van der Waals surface area contributed by atoms with Gasteiger partial charge >= 0.3 is 0 Å². The van der Waals surface area contributed by atoms with Gasteiger partial charge in [-0.2, -0.15) is 5.10 Å². The topological polar surface area (TPSA) is 29.6 Å². The van der Waals surface area contributed by atoms with E-state index in [2.05, 4.69) is 12.1 Å². The fourth-order valence-electron chi connectivity index (χ4n) is 3.18. The smallest absolute Gasteiger partial charge is 0.206 e. The Morgan fingerprint density at radius 1 is 0.968 bits per heavy atom. The van der Waals surface area contributed by atoms with Crippen molar-refractivity contribution in [2.45, 2.75) is 13.3 Å². The number of rotatable bonds is 6. The van der Waals surface area contributed by atoms with Gasteiger partial charge in [0, 0.05) is 22.5 Å². The van der Waals surface area contributed by atoms with Crippen molar-refractivity contribution in [1.82, 2.24) is 4.68 Å². The highest BCUT2D eigenvalue weighted by molar-refractivity contribution is 7.07. The van der Waals surface area contributed by atoms with Gasteiger partial charge in [-0.25, -0.2) is 9.07 Å². The van der Waals surface area contributed by atoms with E-state index in [1.54, 1.807) is 16.8 Å². The van der Waals surface area contributed by atoms with Gasteiger partial charge in [0.25, 0.3) is 0 Å². The van der Waals surface area contributed by atoms with Crippen LogP contribution >= 0.6 is 22.9 Å². The number of hydrogen-bond donors (Lipinski definition) is 0. The summed E-state index contributed by atoms with van der Waals surface area (Å²) in [5.74, 6) is -0.288. The van der Waals surface area contributed by atoms with Gasteiger partial charge in [0.2, 0.25) is 4.80 Å². The summed E-state index contributed by atoms with van der Waals surface area (Å²) >= 11 is 7.47. The largest absolute Gasteiger partial charge is 0.257 e. The van der Waals surface area contributed by atoms with Crippen LogP contribution in [0.3, 0.4) is 0 Å². The van der Waals surface area contributed by atoms with Crippen LogP contribution in [-0.2, 0) is 6.42 Å². The Balaban J connectivity index is 1.75. The second kappa shape index (κ2) is 9.86. The maximum Gasteiger partial charge on any atom is 0.206 e. The molecule has 156 valence electrons. The second-order valence-electron chi connectivity index (χ2n) is 7.00. The van der Waals surface area contributed by atoms with Crippen LogP contribution in [0.2, 0.25) is 5.02 Å². The van der Waals surface area contributed by atoms with Crippen LogP contribution in [0.4, 0.5) is 4.39 Å². The van der Waals surface area contributed by atoms with Crippen molar-refractivity contribution >= 4 is 28.6 Å². The average molecular weight is 450 g/mol. The number of benzene rings is 3. The summed E-state index contributed by atoms with van der Waals surface area (Å²) in [5.41, 5.74) is 4.13.